The van der Waals surface area contributed by atoms with Gasteiger partial charge in [-0.3, -0.25) is 0 Å². The van der Waals surface area contributed by atoms with E-state index in [1.54, 1.807) is 12.1 Å². The average Bonchev–Trinajstić information content (AvgIpc) is 2.63. The van der Waals surface area contributed by atoms with Crippen LogP contribution in [0.1, 0.15) is 5.56 Å². The number of carbonyl (C=O) groups excluding carboxylic acids is 1. The number of methoxy groups -OCH3 is 3. The van der Waals surface area contributed by atoms with Crippen LogP contribution in [0.3, 0.4) is 0 Å². The summed E-state index contributed by atoms with van der Waals surface area (Å²) in [6.45, 7) is 0.314. The predicted molar refractivity (Wildman–Crippen MR) is 93.2 cm³/mol. The topological polar surface area (TPSA) is 68.8 Å². The van der Waals surface area contributed by atoms with E-state index < -0.39 is 17.7 Å². The lowest BCUT2D eigenvalue weighted by Gasteiger charge is -2.14. The van der Waals surface area contributed by atoms with Crippen LogP contribution in [0.15, 0.2) is 30.3 Å². The molecule has 8 heteroatoms. The monoisotopic (exact) mass is 366 g/mol. The van der Waals surface area contributed by atoms with E-state index in [0.29, 0.717) is 30.2 Å². The summed E-state index contributed by atoms with van der Waals surface area (Å²) in [5.41, 5.74) is 1.03. The lowest BCUT2D eigenvalue weighted by molar-refractivity contribution is 0.252. The van der Waals surface area contributed by atoms with Crippen molar-refractivity contribution in [2.24, 2.45) is 0 Å². The summed E-state index contributed by atoms with van der Waals surface area (Å²) in [7, 11) is 4.56. The Labute approximate surface area is 150 Å². The SMILES string of the molecule is COc1cc(CCNC(=O)Nc2ccc(F)c(F)c2)cc(OC)c1OC. The average molecular weight is 366 g/mol. The van der Waals surface area contributed by atoms with Gasteiger partial charge in [-0.2, -0.15) is 0 Å². The molecule has 2 N–H and O–H groups in total. The maximum Gasteiger partial charge on any atom is 0.319 e. The van der Waals surface area contributed by atoms with Gasteiger partial charge in [-0.15, -0.1) is 0 Å². The number of urea groups is 1. The number of rotatable bonds is 7. The van der Waals surface area contributed by atoms with Gasteiger partial charge in [-0.05, 0) is 36.2 Å². The summed E-state index contributed by atoms with van der Waals surface area (Å²) in [6.07, 6.45) is 0.502. The first-order valence-electron chi connectivity index (χ1n) is 7.77. The number of hydrogen-bond acceptors (Lipinski definition) is 4. The number of anilines is 1. The van der Waals surface area contributed by atoms with E-state index in [1.807, 2.05) is 0 Å². The van der Waals surface area contributed by atoms with Gasteiger partial charge in [0.25, 0.3) is 0 Å². The molecule has 26 heavy (non-hydrogen) atoms. The van der Waals surface area contributed by atoms with Crippen LogP contribution in [0.2, 0.25) is 0 Å². The number of amides is 2. The van der Waals surface area contributed by atoms with Crippen molar-refractivity contribution in [1.82, 2.24) is 5.32 Å². The zero-order valence-electron chi connectivity index (χ0n) is 14.7. The van der Waals surface area contributed by atoms with Crippen molar-refractivity contribution in [1.29, 1.82) is 0 Å². The molecule has 0 bridgehead atoms. The minimum absolute atomic E-state index is 0.161. The van der Waals surface area contributed by atoms with Crippen LogP contribution in [0, 0.1) is 11.6 Å². The highest BCUT2D eigenvalue weighted by Gasteiger charge is 2.13. The molecule has 0 heterocycles. The Balaban J connectivity index is 1.94. The molecule has 2 amide bonds. The van der Waals surface area contributed by atoms with E-state index in [2.05, 4.69) is 10.6 Å². The Morgan fingerprint density at radius 3 is 2.15 bits per heavy atom. The minimum Gasteiger partial charge on any atom is -0.493 e. The molecule has 0 spiro atoms. The molecular weight excluding hydrogens is 346 g/mol. The number of hydrogen-bond donors (Lipinski definition) is 2. The highest BCUT2D eigenvalue weighted by atomic mass is 19.2. The van der Waals surface area contributed by atoms with Gasteiger partial charge < -0.3 is 24.8 Å². The van der Waals surface area contributed by atoms with Gasteiger partial charge in [0, 0.05) is 18.3 Å². The van der Waals surface area contributed by atoms with Crippen LogP contribution in [0.25, 0.3) is 0 Å². The molecule has 0 aliphatic heterocycles. The zero-order chi connectivity index (χ0) is 19.1. The summed E-state index contributed by atoms with van der Waals surface area (Å²) in [4.78, 5) is 11.8. The van der Waals surface area contributed by atoms with Crippen LogP contribution in [0.4, 0.5) is 19.3 Å². The van der Waals surface area contributed by atoms with Crippen molar-refractivity contribution in [3.63, 3.8) is 0 Å². The summed E-state index contributed by atoms with van der Waals surface area (Å²) < 4.78 is 41.8. The maximum atomic E-state index is 13.1. The summed E-state index contributed by atoms with van der Waals surface area (Å²) >= 11 is 0. The van der Waals surface area contributed by atoms with Crippen molar-refractivity contribution in [3.05, 3.63) is 47.5 Å². The molecule has 0 aromatic heterocycles. The van der Waals surface area contributed by atoms with Gasteiger partial charge in [-0.25, -0.2) is 13.6 Å². The van der Waals surface area contributed by atoms with Gasteiger partial charge in [-0.1, -0.05) is 0 Å². The number of carbonyl (C=O) groups is 1. The first kappa shape index (κ1) is 19.3. The van der Waals surface area contributed by atoms with Crippen molar-refractivity contribution >= 4 is 11.7 Å². The van der Waals surface area contributed by atoms with Gasteiger partial charge in [0.05, 0.1) is 21.3 Å². The molecule has 0 radical (unpaired) electrons. The first-order valence-corrected chi connectivity index (χ1v) is 7.77. The molecular formula is C18H20F2N2O4. The standard InChI is InChI=1S/C18H20F2N2O4/c1-24-15-8-11(9-16(25-2)17(15)26-3)6-7-21-18(23)22-12-4-5-13(19)14(20)10-12/h4-5,8-10H,6-7H2,1-3H3,(H2,21,22,23). The van der Waals surface area contributed by atoms with E-state index in [4.69, 9.17) is 14.2 Å². The second kappa shape index (κ2) is 8.89. The fraction of sp³-hybridized carbons (Fsp3) is 0.278. The molecule has 0 aliphatic carbocycles. The molecule has 0 fully saturated rings. The van der Waals surface area contributed by atoms with E-state index in [9.17, 15) is 13.6 Å². The van der Waals surface area contributed by atoms with Crippen LogP contribution >= 0.6 is 0 Å². The van der Waals surface area contributed by atoms with E-state index in [-0.39, 0.29) is 5.69 Å². The number of ether oxygens (including phenoxy) is 3. The number of benzene rings is 2. The summed E-state index contributed by atoms with van der Waals surface area (Å²) in [5.74, 6) is -0.470. The lowest BCUT2D eigenvalue weighted by atomic mass is 10.1. The Morgan fingerprint density at radius 1 is 0.962 bits per heavy atom. The third-order valence-corrected chi connectivity index (χ3v) is 3.60. The maximum absolute atomic E-state index is 13.1. The smallest absolute Gasteiger partial charge is 0.319 e. The molecule has 140 valence electrons. The highest BCUT2D eigenvalue weighted by Crippen LogP contribution is 2.38. The summed E-state index contributed by atoms with van der Waals surface area (Å²) in [5, 5.41) is 5.07. The van der Waals surface area contributed by atoms with E-state index >= 15 is 0 Å². The van der Waals surface area contributed by atoms with Crippen LogP contribution in [0.5, 0.6) is 17.2 Å². The molecule has 2 aromatic carbocycles. The van der Waals surface area contributed by atoms with Crippen LogP contribution in [-0.4, -0.2) is 33.9 Å². The first-order chi connectivity index (χ1) is 12.5. The van der Waals surface area contributed by atoms with Gasteiger partial charge >= 0.3 is 6.03 Å². The van der Waals surface area contributed by atoms with E-state index in [1.165, 1.54) is 27.4 Å². The third kappa shape index (κ3) is 4.75. The molecule has 0 unspecified atom stereocenters. The van der Waals surface area contributed by atoms with Crippen molar-refractivity contribution in [3.8, 4) is 17.2 Å². The zero-order valence-corrected chi connectivity index (χ0v) is 14.7. The Hall–Kier alpha value is -3.03. The predicted octanol–water partition coefficient (Wildman–Crippen LogP) is 3.35. The Kier molecular flexibility index (Phi) is 6.60. The van der Waals surface area contributed by atoms with Gasteiger partial charge in [0.15, 0.2) is 23.1 Å². The van der Waals surface area contributed by atoms with Gasteiger partial charge in [0.2, 0.25) is 5.75 Å². The van der Waals surface area contributed by atoms with E-state index in [0.717, 1.165) is 17.7 Å². The minimum atomic E-state index is -1.03. The van der Waals surface area contributed by atoms with Gasteiger partial charge in [0.1, 0.15) is 0 Å². The second-order valence-electron chi connectivity index (χ2n) is 5.29. The molecule has 2 aromatic rings. The number of halogens is 2. The fourth-order valence-corrected chi connectivity index (χ4v) is 2.35. The fourth-order valence-electron chi connectivity index (χ4n) is 2.35. The highest BCUT2D eigenvalue weighted by molar-refractivity contribution is 5.89. The van der Waals surface area contributed by atoms with Crippen molar-refractivity contribution in [2.75, 3.05) is 33.2 Å². The molecule has 0 atom stereocenters. The molecule has 0 saturated carbocycles. The molecule has 0 aliphatic rings. The Morgan fingerprint density at radius 2 is 1.62 bits per heavy atom. The number of nitrogens with one attached hydrogen (secondary N) is 2. The molecule has 0 saturated heterocycles. The molecule has 2 rings (SSSR count). The molecule has 6 nitrogen and oxygen atoms in total. The largest absolute Gasteiger partial charge is 0.493 e. The quantitative estimate of drug-likeness (QED) is 0.789. The second-order valence-corrected chi connectivity index (χ2v) is 5.29. The van der Waals surface area contributed by atoms with Crippen molar-refractivity contribution in [2.45, 2.75) is 6.42 Å². The lowest BCUT2D eigenvalue weighted by Crippen LogP contribution is -2.30. The van der Waals surface area contributed by atoms with Crippen LogP contribution in [-0.2, 0) is 6.42 Å². The Bertz CT molecular complexity index is 759. The third-order valence-electron chi connectivity index (χ3n) is 3.60. The summed E-state index contributed by atoms with van der Waals surface area (Å²) in [6, 6.07) is 6.18. The van der Waals surface area contributed by atoms with Crippen molar-refractivity contribution < 1.29 is 27.8 Å². The normalized spacial score (nSPS) is 10.2. The van der Waals surface area contributed by atoms with Crippen LogP contribution < -0.4 is 24.8 Å².